The number of rotatable bonds is 7. The van der Waals surface area contributed by atoms with E-state index in [0.717, 1.165) is 11.3 Å². The van der Waals surface area contributed by atoms with Crippen LogP contribution in [0.4, 0.5) is 5.69 Å². The molecule has 6 heteroatoms. The molecule has 2 rings (SSSR count). The molecule has 0 aliphatic heterocycles. The molecule has 24 heavy (non-hydrogen) atoms. The number of hydrogen-bond acceptors (Lipinski definition) is 4. The van der Waals surface area contributed by atoms with E-state index in [9.17, 15) is 9.59 Å². The van der Waals surface area contributed by atoms with E-state index in [0.29, 0.717) is 18.0 Å². The molecule has 0 aromatic heterocycles. The number of carbonyl (C=O) groups is 2. The van der Waals surface area contributed by atoms with E-state index in [2.05, 4.69) is 10.6 Å². The fourth-order valence-electron chi connectivity index (χ4n) is 2.04. The number of para-hydroxylation sites is 2. The summed E-state index contributed by atoms with van der Waals surface area (Å²) in [6, 6.07) is 14.4. The summed E-state index contributed by atoms with van der Waals surface area (Å²) in [6.45, 7) is 1.74. The van der Waals surface area contributed by atoms with Gasteiger partial charge in [0.1, 0.15) is 0 Å². The van der Waals surface area contributed by atoms with Gasteiger partial charge in [0.25, 0.3) is 5.91 Å². The number of benzene rings is 2. The van der Waals surface area contributed by atoms with E-state index in [1.165, 1.54) is 6.92 Å². The first-order valence-corrected chi connectivity index (χ1v) is 7.47. The molecule has 0 atom stereocenters. The zero-order valence-corrected chi connectivity index (χ0v) is 13.7. The molecule has 0 fully saturated rings. The van der Waals surface area contributed by atoms with Gasteiger partial charge in [-0.1, -0.05) is 24.3 Å². The second kappa shape index (κ2) is 8.57. The molecule has 2 amide bonds. The minimum atomic E-state index is -0.230. The van der Waals surface area contributed by atoms with Gasteiger partial charge in [0.05, 0.1) is 7.11 Å². The second-order valence-corrected chi connectivity index (χ2v) is 5.09. The molecule has 0 aliphatic rings. The van der Waals surface area contributed by atoms with Gasteiger partial charge in [-0.05, 0) is 29.8 Å². The highest BCUT2D eigenvalue weighted by Crippen LogP contribution is 2.25. The molecular weight excluding hydrogens is 308 g/mol. The highest BCUT2D eigenvalue weighted by atomic mass is 16.5. The van der Waals surface area contributed by atoms with Crippen LogP contribution < -0.4 is 20.1 Å². The third kappa shape index (κ3) is 5.31. The van der Waals surface area contributed by atoms with Crippen LogP contribution in [0.15, 0.2) is 48.5 Å². The van der Waals surface area contributed by atoms with E-state index >= 15 is 0 Å². The Hall–Kier alpha value is -3.02. The van der Waals surface area contributed by atoms with Gasteiger partial charge >= 0.3 is 0 Å². The third-order valence-electron chi connectivity index (χ3n) is 3.19. The van der Waals surface area contributed by atoms with Crippen LogP contribution in [0, 0.1) is 0 Å². The minimum absolute atomic E-state index is 0.0929. The number of ether oxygens (including phenoxy) is 2. The van der Waals surface area contributed by atoms with E-state index < -0.39 is 0 Å². The van der Waals surface area contributed by atoms with Crippen LogP contribution in [0.3, 0.4) is 0 Å². The maximum atomic E-state index is 11.9. The first kappa shape index (κ1) is 17.3. The summed E-state index contributed by atoms with van der Waals surface area (Å²) in [5.41, 5.74) is 1.65. The highest BCUT2D eigenvalue weighted by Gasteiger charge is 2.06. The number of nitrogens with one attached hydrogen (secondary N) is 2. The summed E-state index contributed by atoms with van der Waals surface area (Å²) in [7, 11) is 1.55. The van der Waals surface area contributed by atoms with Gasteiger partial charge < -0.3 is 20.1 Å². The van der Waals surface area contributed by atoms with Gasteiger partial charge in [-0.15, -0.1) is 0 Å². The molecule has 0 saturated carbocycles. The summed E-state index contributed by atoms with van der Waals surface area (Å²) in [5.74, 6) is 0.755. The van der Waals surface area contributed by atoms with Gasteiger partial charge in [0.15, 0.2) is 18.1 Å². The maximum absolute atomic E-state index is 11.9. The lowest BCUT2D eigenvalue weighted by Crippen LogP contribution is -2.28. The smallest absolute Gasteiger partial charge is 0.258 e. The summed E-state index contributed by atoms with van der Waals surface area (Å²) in [4.78, 5) is 22.8. The van der Waals surface area contributed by atoms with Crippen LogP contribution in [0.5, 0.6) is 11.5 Å². The largest absolute Gasteiger partial charge is 0.493 e. The van der Waals surface area contributed by atoms with Crippen molar-refractivity contribution in [1.82, 2.24) is 5.32 Å². The average Bonchev–Trinajstić information content (AvgIpc) is 2.59. The number of amides is 2. The fourth-order valence-corrected chi connectivity index (χ4v) is 2.04. The lowest BCUT2D eigenvalue weighted by atomic mass is 10.2. The van der Waals surface area contributed by atoms with Crippen molar-refractivity contribution in [2.45, 2.75) is 13.5 Å². The van der Waals surface area contributed by atoms with Crippen molar-refractivity contribution in [3.05, 3.63) is 54.1 Å². The molecule has 2 aromatic rings. The zero-order chi connectivity index (χ0) is 17.4. The first-order chi connectivity index (χ1) is 11.6. The molecule has 0 heterocycles. The third-order valence-corrected chi connectivity index (χ3v) is 3.19. The van der Waals surface area contributed by atoms with Gasteiger partial charge in [-0.2, -0.15) is 0 Å². The predicted molar refractivity (Wildman–Crippen MR) is 91.1 cm³/mol. The van der Waals surface area contributed by atoms with Crippen LogP contribution in [-0.2, 0) is 16.1 Å². The minimum Gasteiger partial charge on any atom is -0.493 e. The summed E-state index contributed by atoms with van der Waals surface area (Å²) < 4.78 is 10.6. The van der Waals surface area contributed by atoms with Crippen molar-refractivity contribution in [1.29, 1.82) is 0 Å². The average molecular weight is 328 g/mol. The van der Waals surface area contributed by atoms with E-state index in [1.807, 2.05) is 24.3 Å². The number of anilines is 1. The Bertz CT molecular complexity index is 698. The maximum Gasteiger partial charge on any atom is 0.258 e. The number of hydrogen-bond donors (Lipinski definition) is 2. The molecule has 0 spiro atoms. The lowest BCUT2D eigenvalue weighted by molar-refractivity contribution is -0.123. The van der Waals surface area contributed by atoms with Crippen LogP contribution >= 0.6 is 0 Å². The van der Waals surface area contributed by atoms with Gasteiger partial charge in [0.2, 0.25) is 5.91 Å². The molecule has 0 radical (unpaired) electrons. The van der Waals surface area contributed by atoms with Crippen molar-refractivity contribution < 1.29 is 19.1 Å². The van der Waals surface area contributed by atoms with E-state index in [4.69, 9.17) is 9.47 Å². The molecule has 0 saturated heterocycles. The number of carbonyl (C=O) groups excluding carboxylic acids is 2. The number of methoxy groups -OCH3 is 1. The van der Waals surface area contributed by atoms with Crippen molar-refractivity contribution in [3.63, 3.8) is 0 Å². The standard InChI is InChI=1S/C18H20N2O4/c1-13(21)20-15-9-7-14(8-10-15)11-19-18(22)12-24-17-6-4-3-5-16(17)23-2/h3-10H,11-12H2,1-2H3,(H,19,22)(H,20,21). The summed E-state index contributed by atoms with van der Waals surface area (Å²) >= 11 is 0. The van der Waals surface area contributed by atoms with Crippen LogP contribution in [-0.4, -0.2) is 25.5 Å². The van der Waals surface area contributed by atoms with E-state index in [-0.39, 0.29) is 18.4 Å². The molecule has 0 aliphatic carbocycles. The summed E-state index contributed by atoms with van der Waals surface area (Å²) in [5, 5.41) is 5.46. The highest BCUT2D eigenvalue weighted by molar-refractivity contribution is 5.88. The predicted octanol–water partition coefficient (Wildman–Crippen LogP) is 2.35. The lowest BCUT2D eigenvalue weighted by Gasteiger charge is -2.10. The molecule has 126 valence electrons. The molecular formula is C18H20N2O4. The first-order valence-electron chi connectivity index (χ1n) is 7.47. The summed E-state index contributed by atoms with van der Waals surface area (Å²) in [6.07, 6.45) is 0. The normalized spacial score (nSPS) is 9.92. The molecule has 6 nitrogen and oxygen atoms in total. The van der Waals surface area contributed by atoms with Crippen LogP contribution in [0.2, 0.25) is 0 Å². The Morgan fingerprint density at radius 3 is 2.29 bits per heavy atom. The van der Waals surface area contributed by atoms with Crippen LogP contribution in [0.1, 0.15) is 12.5 Å². The zero-order valence-electron chi connectivity index (χ0n) is 13.7. The monoisotopic (exact) mass is 328 g/mol. The Morgan fingerprint density at radius 2 is 1.67 bits per heavy atom. The van der Waals surface area contributed by atoms with Crippen molar-refractivity contribution in [2.75, 3.05) is 19.0 Å². The van der Waals surface area contributed by atoms with Crippen molar-refractivity contribution in [3.8, 4) is 11.5 Å². The Balaban J connectivity index is 1.79. The van der Waals surface area contributed by atoms with Crippen molar-refractivity contribution in [2.24, 2.45) is 0 Å². The Labute approximate surface area is 140 Å². The molecule has 2 N–H and O–H groups in total. The molecule has 0 bridgehead atoms. The SMILES string of the molecule is COc1ccccc1OCC(=O)NCc1ccc(NC(C)=O)cc1. The Kier molecular flexibility index (Phi) is 6.19. The van der Waals surface area contributed by atoms with Crippen LogP contribution in [0.25, 0.3) is 0 Å². The second-order valence-electron chi connectivity index (χ2n) is 5.09. The van der Waals surface area contributed by atoms with Gasteiger partial charge in [-0.3, -0.25) is 9.59 Å². The fraction of sp³-hybridized carbons (Fsp3) is 0.222. The molecule has 2 aromatic carbocycles. The quantitative estimate of drug-likeness (QED) is 0.818. The Morgan fingerprint density at radius 1 is 1.00 bits per heavy atom. The topological polar surface area (TPSA) is 76.7 Å². The van der Waals surface area contributed by atoms with Gasteiger partial charge in [0, 0.05) is 19.2 Å². The van der Waals surface area contributed by atoms with Crippen molar-refractivity contribution >= 4 is 17.5 Å². The van der Waals surface area contributed by atoms with E-state index in [1.54, 1.807) is 31.4 Å². The van der Waals surface area contributed by atoms with Gasteiger partial charge in [-0.25, -0.2) is 0 Å². The molecule has 0 unspecified atom stereocenters.